The van der Waals surface area contributed by atoms with Crippen LogP contribution < -0.4 is 0 Å². The van der Waals surface area contributed by atoms with Crippen molar-refractivity contribution < 1.29 is 5.11 Å². The Hall–Kier alpha value is -1.33. The zero-order valence-corrected chi connectivity index (χ0v) is 10.7. The van der Waals surface area contributed by atoms with E-state index in [1.54, 1.807) is 11.8 Å². The molecule has 0 spiro atoms. The zero-order valence-electron chi connectivity index (χ0n) is 9.92. The molecule has 1 aromatic heterocycles. The van der Waals surface area contributed by atoms with E-state index >= 15 is 0 Å². The smallest absolute Gasteiger partial charge is 0.191 e. The van der Waals surface area contributed by atoms with Crippen LogP contribution in [0.15, 0.2) is 29.4 Å². The van der Waals surface area contributed by atoms with Crippen LogP contribution in [-0.2, 0) is 19.4 Å². The van der Waals surface area contributed by atoms with Gasteiger partial charge in [-0.05, 0) is 18.1 Å². The van der Waals surface area contributed by atoms with Gasteiger partial charge in [-0.25, -0.2) is 0 Å². The molecule has 0 aliphatic heterocycles. The number of nitrogens with zero attached hydrogens (tertiary/aromatic N) is 3. The van der Waals surface area contributed by atoms with Gasteiger partial charge in [0.1, 0.15) is 6.61 Å². The first-order valence-electron chi connectivity index (χ1n) is 5.39. The molecule has 4 nitrogen and oxygen atoms in total. The molecule has 0 fully saturated rings. The Morgan fingerprint density at radius 1 is 1.29 bits per heavy atom. The van der Waals surface area contributed by atoms with E-state index in [4.69, 9.17) is 5.11 Å². The van der Waals surface area contributed by atoms with Gasteiger partial charge in [0.2, 0.25) is 0 Å². The lowest BCUT2D eigenvalue weighted by Gasteiger charge is -2.05. The minimum atomic E-state index is -0.0750. The van der Waals surface area contributed by atoms with Gasteiger partial charge in [0, 0.05) is 12.8 Å². The normalized spacial score (nSPS) is 10.8. The second-order valence-electron chi connectivity index (χ2n) is 3.83. The maximum Gasteiger partial charge on any atom is 0.191 e. The van der Waals surface area contributed by atoms with Crippen LogP contribution in [0.1, 0.15) is 17.0 Å². The molecule has 0 aliphatic carbocycles. The molecule has 5 heteroatoms. The number of thioether (sulfide) groups is 1. The van der Waals surface area contributed by atoms with Gasteiger partial charge in [-0.1, -0.05) is 36.0 Å². The summed E-state index contributed by atoms with van der Waals surface area (Å²) in [5.41, 5.74) is 2.58. The summed E-state index contributed by atoms with van der Waals surface area (Å²) in [7, 11) is 1.87. The molecule has 1 N–H and O–H groups in total. The highest BCUT2D eigenvalue weighted by molar-refractivity contribution is 7.98. The number of aromatic nitrogens is 3. The van der Waals surface area contributed by atoms with Crippen LogP contribution in [0.25, 0.3) is 0 Å². The Morgan fingerprint density at radius 3 is 2.71 bits per heavy atom. The average Bonchev–Trinajstić information content (AvgIpc) is 2.69. The fourth-order valence-electron chi connectivity index (χ4n) is 1.52. The number of benzene rings is 1. The summed E-state index contributed by atoms with van der Waals surface area (Å²) < 4.78 is 1.82. The van der Waals surface area contributed by atoms with E-state index in [9.17, 15) is 0 Å². The molecule has 0 saturated heterocycles. The molecule has 1 aromatic carbocycles. The zero-order chi connectivity index (χ0) is 12.3. The standard InChI is InChI=1S/C12H15N3OS/c1-9-5-3-4-6-10(9)8-17-12-14-13-11(7-16)15(12)2/h3-6,16H,7-8H2,1-2H3. The van der Waals surface area contributed by atoms with Crippen molar-refractivity contribution in [2.75, 3.05) is 0 Å². The maximum absolute atomic E-state index is 9.03. The van der Waals surface area contributed by atoms with Crippen molar-refractivity contribution in [2.24, 2.45) is 7.05 Å². The molecule has 0 amide bonds. The Kier molecular flexibility index (Phi) is 3.81. The van der Waals surface area contributed by atoms with Crippen LogP contribution in [-0.4, -0.2) is 19.9 Å². The molecule has 0 radical (unpaired) electrons. The van der Waals surface area contributed by atoms with Crippen LogP contribution in [0.2, 0.25) is 0 Å². The van der Waals surface area contributed by atoms with Crippen LogP contribution in [0.5, 0.6) is 0 Å². The minimum Gasteiger partial charge on any atom is -0.388 e. The highest BCUT2D eigenvalue weighted by atomic mass is 32.2. The monoisotopic (exact) mass is 249 g/mol. The second-order valence-corrected chi connectivity index (χ2v) is 4.77. The molecule has 0 saturated carbocycles. The van der Waals surface area contributed by atoms with Crippen LogP contribution in [0.4, 0.5) is 0 Å². The third-order valence-electron chi connectivity index (χ3n) is 2.68. The lowest BCUT2D eigenvalue weighted by molar-refractivity contribution is 0.266. The first-order chi connectivity index (χ1) is 8.22. The summed E-state index contributed by atoms with van der Waals surface area (Å²) in [5.74, 6) is 1.46. The number of aliphatic hydroxyl groups is 1. The van der Waals surface area contributed by atoms with E-state index in [0.717, 1.165) is 10.9 Å². The minimum absolute atomic E-state index is 0.0750. The van der Waals surface area contributed by atoms with Crippen molar-refractivity contribution in [1.82, 2.24) is 14.8 Å². The van der Waals surface area contributed by atoms with E-state index in [2.05, 4.69) is 29.3 Å². The quantitative estimate of drug-likeness (QED) is 0.841. The molecule has 2 aromatic rings. The number of hydrogen-bond acceptors (Lipinski definition) is 4. The van der Waals surface area contributed by atoms with Gasteiger partial charge in [0.15, 0.2) is 11.0 Å². The van der Waals surface area contributed by atoms with Gasteiger partial charge in [-0.2, -0.15) is 0 Å². The fourth-order valence-corrected chi connectivity index (χ4v) is 2.53. The van der Waals surface area contributed by atoms with Gasteiger partial charge >= 0.3 is 0 Å². The Bertz CT molecular complexity index is 510. The van der Waals surface area contributed by atoms with Gasteiger partial charge in [-0.15, -0.1) is 10.2 Å². The summed E-state index contributed by atoms with van der Waals surface area (Å²) >= 11 is 1.63. The third-order valence-corrected chi connectivity index (χ3v) is 3.75. The largest absolute Gasteiger partial charge is 0.388 e. The first kappa shape index (κ1) is 12.1. The number of hydrogen-bond donors (Lipinski definition) is 1. The second kappa shape index (κ2) is 5.33. The van der Waals surface area contributed by atoms with Crippen LogP contribution >= 0.6 is 11.8 Å². The van der Waals surface area contributed by atoms with Crippen molar-refractivity contribution in [1.29, 1.82) is 0 Å². The molecule has 2 rings (SSSR count). The lowest BCUT2D eigenvalue weighted by Crippen LogP contribution is -1.98. The maximum atomic E-state index is 9.03. The van der Waals surface area contributed by atoms with Crippen LogP contribution in [0, 0.1) is 6.92 Å². The van der Waals surface area contributed by atoms with Gasteiger partial charge < -0.3 is 9.67 Å². The van der Waals surface area contributed by atoms with E-state index < -0.39 is 0 Å². The summed E-state index contributed by atoms with van der Waals surface area (Å²) in [5, 5.41) is 17.8. The highest BCUT2D eigenvalue weighted by Gasteiger charge is 2.08. The van der Waals surface area contributed by atoms with Gasteiger partial charge in [0.05, 0.1) is 0 Å². The van der Waals surface area contributed by atoms with Gasteiger partial charge in [-0.3, -0.25) is 0 Å². The Labute approximate surface area is 105 Å². The van der Waals surface area contributed by atoms with E-state index in [-0.39, 0.29) is 6.61 Å². The SMILES string of the molecule is Cc1ccccc1CSc1nnc(CO)n1C. The van der Waals surface area contributed by atoms with E-state index in [0.29, 0.717) is 5.82 Å². The third kappa shape index (κ3) is 2.68. The summed E-state index contributed by atoms with van der Waals surface area (Å²) in [6.07, 6.45) is 0. The molecular formula is C12H15N3OS. The van der Waals surface area contributed by atoms with Crippen molar-refractivity contribution in [3.05, 3.63) is 41.2 Å². The molecule has 90 valence electrons. The highest BCUT2D eigenvalue weighted by Crippen LogP contribution is 2.22. The van der Waals surface area contributed by atoms with E-state index in [1.807, 2.05) is 23.7 Å². The molecular weight excluding hydrogens is 234 g/mol. The lowest BCUT2D eigenvalue weighted by atomic mass is 10.1. The van der Waals surface area contributed by atoms with E-state index in [1.165, 1.54) is 11.1 Å². The van der Waals surface area contributed by atoms with Crippen molar-refractivity contribution >= 4 is 11.8 Å². The average molecular weight is 249 g/mol. The summed E-state index contributed by atoms with van der Waals surface area (Å²) in [6.45, 7) is 2.03. The molecule has 17 heavy (non-hydrogen) atoms. The predicted molar refractivity (Wildman–Crippen MR) is 67.7 cm³/mol. The Morgan fingerprint density at radius 2 is 2.06 bits per heavy atom. The number of rotatable bonds is 4. The van der Waals surface area contributed by atoms with Crippen molar-refractivity contribution in [3.63, 3.8) is 0 Å². The molecule has 0 unspecified atom stereocenters. The molecule has 0 bridgehead atoms. The number of aliphatic hydroxyl groups excluding tert-OH is 1. The van der Waals surface area contributed by atoms with Crippen molar-refractivity contribution in [2.45, 2.75) is 24.4 Å². The summed E-state index contributed by atoms with van der Waals surface area (Å²) in [6, 6.07) is 8.30. The Balaban J connectivity index is 2.07. The molecule has 1 heterocycles. The van der Waals surface area contributed by atoms with Crippen molar-refractivity contribution in [3.8, 4) is 0 Å². The fraction of sp³-hybridized carbons (Fsp3) is 0.333. The summed E-state index contributed by atoms with van der Waals surface area (Å²) in [4.78, 5) is 0. The van der Waals surface area contributed by atoms with Gasteiger partial charge in [0.25, 0.3) is 0 Å². The van der Waals surface area contributed by atoms with Crippen LogP contribution in [0.3, 0.4) is 0 Å². The molecule has 0 aliphatic rings. The number of aryl methyl sites for hydroxylation is 1. The molecule has 0 atom stereocenters. The predicted octanol–water partition coefficient (Wildman–Crippen LogP) is 1.91. The first-order valence-corrected chi connectivity index (χ1v) is 6.37. The topological polar surface area (TPSA) is 50.9 Å².